The third kappa shape index (κ3) is 5.21. The summed E-state index contributed by atoms with van der Waals surface area (Å²) in [6.45, 7) is 0.668. The van der Waals surface area contributed by atoms with Crippen LogP contribution >= 0.6 is 11.6 Å². The Morgan fingerprint density at radius 1 is 0.931 bits per heavy atom. The van der Waals surface area contributed by atoms with E-state index in [1.165, 1.54) is 14.2 Å². The predicted molar refractivity (Wildman–Crippen MR) is 113 cm³/mol. The summed E-state index contributed by atoms with van der Waals surface area (Å²) < 4.78 is 16.8. The van der Waals surface area contributed by atoms with Crippen molar-refractivity contribution in [1.82, 2.24) is 5.32 Å². The molecule has 0 heterocycles. The number of nitrogens with one attached hydrogen (secondary N) is 1. The van der Waals surface area contributed by atoms with E-state index < -0.39 is 0 Å². The molecule has 5 nitrogen and oxygen atoms in total. The van der Waals surface area contributed by atoms with Crippen LogP contribution in [0.3, 0.4) is 0 Å². The van der Waals surface area contributed by atoms with Gasteiger partial charge in [-0.3, -0.25) is 4.79 Å². The fourth-order valence-corrected chi connectivity index (χ4v) is 3.00. The van der Waals surface area contributed by atoms with Crippen molar-refractivity contribution in [3.8, 4) is 17.2 Å². The molecule has 3 rings (SSSR count). The van der Waals surface area contributed by atoms with Crippen LogP contribution in [-0.4, -0.2) is 20.1 Å². The summed E-state index contributed by atoms with van der Waals surface area (Å²) in [5.41, 5.74) is 2.25. The zero-order valence-electron chi connectivity index (χ0n) is 16.3. The number of benzene rings is 3. The molecule has 150 valence electrons. The molecular weight excluding hydrogens is 390 g/mol. The smallest absolute Gasteiger partial charge is 0.251 e. The van der Waals surface area contributed by atoms with Crippen molar-refractivity contribution >= 4 is 17.5 Å². The van der Waals surface area contributed by atoms with Crippen molar-refractivity contribution in [3.63, 3.8) is 0 Å². The van der Waals surface area contributed by atoms with Crippen LogP contribution in [-0.2, 0) is 13.2 Å². The molecule has 0 fully saturated rings. The van der Waals surface area contributed by atoms with Crippen molar-refractivity contribution < 1.29 is 19.0 Å². The lowest BCUT2D eigenvalue weighted by molar-refractivity contribution is 0.0950. The topological polar surface area (TPSA) is 56.8 Å². The summed E-state index contributed by atoms with van der Waals surface area (Å²) in [5, 5.41) is 3.46. The van der Waals surface area contributed by atoms with E-state index >= 15 is 0 Å². The number of ether oxygens (including phenoxy) is 3. The van der Waals surface area contributed by atoms with Crippen LogP contribution in [0.15, 0.2) is 66.7 Å². The average molecular weight is 412 g/mol. The minimum absolute atomic E-state index is 0.267. The third-order valence-corrected chi connectivity index (χ3v) is 4.71. The van der Waals surface area contributed by atoms with Gasteiger partial charge < -0.3 is 19.5 Å². The highest BCUT2D eigenvalue weighted by atomic mass is 35.5. The number of hydrogen-bond donors (Lipinski definition) is 1. The second kappa shape index (κ2) is 9.85. The number of rotatable bonds is 8. The summed E-state index contributed by atoms with van der Waals surface area (Å²) >= 11 is 6.15. The first kappa shape index (κ1) is 20.6. The molecule has 0 atom stereocenters. The highest BCUT2D eigenvalue weighted by molar-refractivity contribution is 6.31. The summed E-state index contributed by atoms with van der Waals surface area (Å²) in [4.78, 5) is 12.7. The Bertz CT molecular complexity index is 951. The molecule has 29 heavy (non-hydrogen) atoms. The Morgan fingerprint density at radius 2 is 1.55 bits per heavy atom. The van der Waals surface area contributed by atoms with E-state index in [-0.39, 0.29) is 5.91 Å². The van der Waals surface area contributed by atoms with Gasteiger partial charge in [0.1, 0.15) is 6.61 Å². The van der Waals surface area contributed by atoms with Crippen molar-refractivity contribution in [1.29, 1.82) is 0 Å². The van der Waals surface area contributed by atoms with Gasteiger partial charge in [0, 0.05) is 17.1 Å². The van der Waals surface area contributed by atoms with Crippen LogP contribution in [0.4, 0.5) is 0 Å². The van der Waals surface area contributed by atoms with Gasteiger partial charge in [0.2, 0.25) is 5.75 Å². The zero-order chi connectivity index (χ0) is 20.6. The number of methoxy groups -OCH3 is 2. The Kier molecular flexibility index (Phi) is 6.98. The van der Waals surface area contributed by atoms with E-state index in [2.05, 4.69) is 5.32 Å². The lowest BCUT2D eigenvalue weighted by Gasteiger charge is -2.16. The minimum Gasteiger partial charge on any atom is -0.493 e. The largest absolute Gasteiger partial charge is 0.493 e. The van der Waals surface area contributed by atoms with E-state index in [0.717, 1.165) is 11.1 Å². The molecule has 1 N–H and O–H groups in total. The number of amides is 1. The highest BCUT2D eigenvalue weighted by Gasteiger charge is 2.18. The molecule has 0 unspecified atom stereocenters. The summed E-state index contributed by atoms with van der Waals surface area (Å²) in [5.74, 6) is 1.02. The zero-order valence-corrected chi connectivity index (χ0v) is 17.0. The summed E-state index contributed by atoms with van der Waals surface area (Å²) in [7, 11) is 3.05. The van der Waals surface area contributed by atoms with Crippen molar-refractivity contribution in [3.05, 3.63) is 88.4 Å². The van der Waals surface area contributed by atoms with Crippen LogP contribution in [0.2, 0.25) is 5.02 Å². The average Bonchev–Trinajstić information content (AvgIpc) is 2.77. The third-order valence-electron chi connectivity index (χ3n) is 4.35. The molecule has 0 saturated carbocycles. The predicted octanol–water partition coefficient (Wildman–Crippen LogP) is 4.87. The van der Waals surface area contributed by atoms with Gasteiger partial charge in [-0.05, 0) is 29.3 Å². The molecule has 0 saturated heterocycles. The van der Waals surface area contributed by atoms with Gasteiger partial charge in [-0.15, -0.1) is 0 Å². The molecule has 0 aliphatic carbocycles. The first-order chi connectivity index (χ1) is 14.1. The number of hydrogen-bond acceptors (Lipinski definition) is 4. The van der Waals surface area contributed by atoms with E-state index in [4.69, 9.17) is 25.8 Å². The number of halogens is 1. The highest BCUT2D eigenvalue weighted by Crippen LogP contribution is 2.39. The van der Waals surface area contributed by atoms with Gasteiger partial charge in [-0.2, -0.15) is 0 Å². The van der Waals surface area contributed by atoms with Crippen molar-refractivity contribution in [2.24, 2.45) is 0 Å². The molecule has 3 aromatic rings. The van der Waals surface area contributed by atoms with Gasteiger partial charge in [0.25, 0.3) is 5.91 Å². The molecule has 0 radical (unpaired) electrons. The number of carbonyl (C=O) groups is 1. The Labute approximate surface area is 175 Å². The van der Waals surface area contributed by atoms with Gasteiger partial charge in [0.15, 0.2) is 11.5 Å². The first-order valence-electron chi connectivity index (χ1n) is 9.06. The molecular formula is C23H22ClNO4. The van der Waals surface area contributed by atoms with Gasteiger partial charge in [0.05, 0.1) is 14.2 Å². The molecule has 0 bridgehead atoms. The SMILES string of the molecule is COc1cc(C(=O)NCc2ccccc2Cl)cc(OC)c1OCc1ccccc1. The van der Waals surface area contributed by atoms with Gasteiger partial charge in [-0.1, -0.05) is 60.1 Å². The molecule has 0 spiro atoms. The second-order valence-electron chi connectivity index (χ2n) is 6.26. The van der Waals surface area contributed by atoms with Crippen LogP contribution in [0.25, 0.3) is 0 Å². The molecule has 1 amide bonds. The lowest BCUT2D eigenvalue weighted by atomic mass is 10.1. The molecule has 3 aromatic carbocycles. The van der Waals surface area contributed by atoms with E-state index in [1.807, 2.05) is 48.5 Å². The van der Waals surface area contributed by atoms with Crippen LogP contribution in [0, 0.1) is 0 Å². The van der Waals surface area contributed by atoms with E-state index in [1.54, 1.807) is 18.2 Å². The van der Waals surface area contributed by atoms with Gasteiger partial charge >= 0.3 is 0 Å². The normalized spacial score (nSPS) is 10.3. The van der Waals surface area contributed by atoms with Crippen LogP contribution in [0.1, 0.15) is 21.5 Å². The maximum Gasteiger partial charge on any atom is 0.251 e. The fraction of sp³-hybridized carbons (Fsp3) is 0.174. The Balaban J connectivity index is 1.77. The first-order valence-corrected chi connectivity index (χ1v) is 9.44. The van der Waals surface area contributed by atoms with Crippen LogP contribution < -0.4 is 19.5 Å². The van der Waals surface area contributed by atoms with E-state index in [9.17, 15) is 4.79 Å². The van der Waals surface area contributed by atoms with Crippen LogP contribution in [0.5, 0.6) is 17.2 Å². The fourth-order valence-electron chi connectivity index (χ4n) is 2.80. The molecule has 0 aliphatic rings. The summed E-state index contributed by atoms with van der Waals surface area (Å²) in [6, 6.07) is 20.4. The minimum atomic E-state index is -0.267. The lowest BCUT2D eigenvalue weighted by Crippen LogP contribution is -2.23. The Hall–Kier alpha value is -3.18. The number of carbonyl (C=O) groups excluding carboxylic acids is 1. The Morgan fingerprint density at radius 3 is 2.17 bits per heavy atom. The monoisotopic (exact) mass is 411 g/mol. The standard InChI is InChI=1S/C23H22ClNO4/c1-27-20-12-18(23(26)25-14-17-10-6-7-11-19(17)24)13-21(28-2)22(20)29-15-16-8-4-3-5-9-16/h3-13H,14-15H2,1-2H3,(H,25,26). The molecule has 0 aliphatic heterocycles. The molecule has 6 heteroatoms. The molecule has 0 aromatic heterocycles. The van der Waals surface area contributed by atoms with E-state index in [0.29, 0.717) is 41.0 Å². The van der Waals surface area contributed by atoms with Crippen molar-refractivity contribution in [2.75, 3.05) is 14.2 Å². The van der Waals surface area contributed by atoms with Crippen molar-refractivity contribution in [2.45, 2.75) is 13.2 Å². The quantitative estimate of drug-likeness (QED) is 0.574. The van der Waals surface area contributed by atoms with Gasteiger partial charge in [-0.25, -0.2) is 0 Å². The summed E-state index contributed by atoms with van der Waals surface area (Å²) in [6.07, 6.45) is 0. The second-order valence-corrected chi connectivity index (χ2v) is 6.67. The maximum absolute atomic E-state index is 12.7. The maximum atomic E-state index is 12.7.